The van der Waals surface area contributed by atoms with E-state index >= 15 is 0 Å². The van der Waals surface area contributed by atoms with Crippen LogP contribution >= 0.6 is 0 Å². The number of nitrogens with zero attached hydrogens (tertiary/aromatic N) is 4. The molecule has 0 spiro atoms. The highest BCUT2D eigenvalue weighted by Crippen LogP contribution is 2.26. The van der Waals surface area contributed by atoms with Gasteiger partial charge in [-0.05, 0) is 51.5 Å². The summed E-state index contributed by atoms with van der Waals surface area (Å²) in [7, 11) is 0. The van der Waals surface area contributed by atoms with Gasteiger partial charge in [-0.1, -0.05) is 0 Å². The van der Waals surface area contributed by atoms with Gasteiger partial charge in [0.1, 0.15) is 29.6 Å². The minimum atomic E-state index is -0.497. The molecule has 1 saturated heterocycles. The Morgan fingerprint density at radius 3 is 2.43 bits per heavy atom. The summed E-state index contributed by atoms with van der Waals surface area (Å²) in [6.07, 6.45) is 1.21. The summed E-state index contributed by atoms with van der Waals surface area (Å²) in [5, 5.41) is 21.1. The Morgan fingerprint density at radius 2 is 1.89 bits per heavy atom. The normalized spacial score (nSPS) is 14.4. The third-order valence-electron chi connectivity index (χ3n) is 4.07. The van der Waals surface area contributed by atoms with Crippen LogP contribution in [0.2, 0.25) is 0 Å². The molecule has 8 nitrogen and oxygen atoms in total. The van der Waals surface area contributed by atoms with E-state index in [4.69, 9.17) is 20.0 Å². The molecule has 1 amide bonds. The largest absolute Gasteiger partial charge is 0.490 e. The maximum Gasteiger partial charge on any atom is 0.410 e. The predicted molar refractivity (Wildman–Crippen MR) is 105 cm³/mol. The van der Waals surface area contributed by atoms with Gasteiger partial charge in [0.25, 0.3) is 0 Å². The standard InChI is InChI=1S/C20H25N5O3/c1-14-11-15(23-24-16(12-21)13-22)5-6-18(14)27-17-7-9-25(10-8-17)19(26)28-20(2,3)4/h5-6,11,17,23H,7-10H2,1-4H3. The van der Waals surface area contributed by atoms with Crippen molar-refractivity contribution in [1.29, 1.82) is 10.5 Å². The molecule has 0 aliphatic carbocycles. The summed E-state index contributed by atoms with van der Waals surface area (Å²) < 4.78 is 11.5. The van der Waals surface area contributed by atoms with Gasteiger partial charge in [-0.3, -0.25) is 5.43 Å². The molecule has 1 N–H and O–H groups in total. The number of benzene rings is 1. The molecule has 1 aliphatic heterocycles. The number of aryl methyl sites for hydroxylation is 1. The van der Waals surface area contributed by atoms with Crippen LogP contribution in [0.15, 0.2) is 23.3 Å². The Hall–Kier alpha value is -3.26. The second kappa shape index (κ2) is 9.09. The van der Waals surface area contributed by atoms with E-state index in [2.05, 4.69) is 10.5 Å². The van der Waals surface area contributed by atoms with E-state index in [1.54, 1.807) is 23.1 Å². The van der Waals surface area contributed by atoms with Crippen LogP contribution in [-0.4, -0.2) is 41.5 Å². The Labute approximate surface area is 165 Å². The van der Waals surface area contributed by atoms with Crippen molar-refractivity contribution in [1.82, 2.24) is 4.90 Å². The zero-order valence-corrected chi connectivity index (χ0v) is 16.7. The maximum atomic E-state index is 12.1. The lowest BCUT2D eigenvalue weighted by Crippen LogP contribution is -2.44. The van der Waals surface area contributed by atoms with E-state index in [1.165, 1.54) is 0 Å². The number of carbonyl (C=O) groups is 1. The molecule has 0 radical (unpaired) electrons. The molecule has 8 heteroatoms. The molecular weight excluding hydrogens is 358 g/mol. The summed E-state index contributed by atoms with van der Waals surface area (Å²) in [4.78, 5) is 13.8. The van der Waals surface area contributed by atoms with Gasteiger partial charge in [-0.25, -0.2) is 4.79 Å². The molecule has 2 rings (SSSR count). The van der Waals surface area contributed by atoms with E-state index in [0.29, 0.717) is 18.8 Å². The molecule has 0 aromatic heterocycles. The predicted octanol–water partition coefficient (Wildman–Crippen LogP) is 3.59. The Bertz CT molecular complexity index is 806. The molecule has 1 aromatic rings. The summed E-state index contributed by atoms with van der Waals surface area (Å²) in [5.74, 6) is 0.756. The van der Waals surface area contributed by atoms with Gasteiger partial charge in [0.2, 0.25) is 5.71 Å². The van der Waals surface area contributed by atoms with Crippen LogP contribution < -0.4 is 10.2 Å². The molecule has 1 heterocycles. The molecule has 0 atom stereocenters. The minimum Gasteiger partial charge on any atom is -0.490 e. The fourth-order valence-electron chi connectivity index (χ4n) is 2.71. The van der Waals surface area contributed by atoms with Gasteiger partial charge in [0, 0.05) is 25.9 Å². The Balaban J connectivity index is 1.90. The number of ether oxygens (including phenoxy) is 2. The minimum absolute atomic E-state index is 0.0259. The third-order valence-corrected chi connectivity index (χ3v) is 4.07. The number of rotatable bonds is 4. The van der Waals surface area contributed by atoms with E-state index < -0.39 is 5.60 Å². The zero-order valence-electron chi connectivity index (χ0n) is 16.7. The maximum absolute atomic E-state index is 12.1. The molecule has 0 saturated carbocycles. The smallest absolute Gasteiger partial charge is 0.410 e. The average molecular weight is 383 g/mol. The highest BCUT2D eigenvalue weighted by Gasteiger charge is 2.27. The molecular formula is C20H25N5O3. The number of carbonyl (C=O) groups excluding carboxylic acids is 1. The number of piperidine rings is 1. The second-order valence-electron chi connectivity index (χ2n) is 7.56. The second-order valence-corrected chi connectivity index (χ2v) is 7.56. The van der Waals surface area contributed by atoms with E-state index in [-0.39, 0.29) is 17.9 Å². The van der Waals surface area contributed by atoms with Crippen molar-refractivity contribution in [3.63, 3.8) is 0 Å². The first kappa shape index (κ1) is 21.0. The van der Waals surface area contributed by atoms with Crippen LogP contribution in [0.25, 0.3) is 0 Å². The number of nitrogens with one attached hydrogen (secondary N) is 1. The van der Waals surface area contributed by atoms with Crippen molar-refractivity contribution in [3.05, 3.63) is 23.8 Å². The summed E-state index contributed by atoms with van der Waals surface area (Å²) in [6.45, 7) is 8.67. The molecule has 1 aliphatic rings. The number of nitriles is 2. The number of anilines is 1. The highest BCUT2D eigenvalue weighted by molar-refractivity contribution is 6.10. The van der Waals surface area contributed by atoms with Gasteiger partial charge in [0.05, 0.1) is 5.69 Å². The first-order valence-electron chi connectivity index (χ1n) is 9.11. The van der Waals surface area contributed by atoms with Gasteiger partial charge in [0.15, 0.2) is 0 Å². The van der Waals surface area contributed by atoms with Crippen molar-refractivity contribution >= 4 is 17.5 Å². The van der Waals surface area contributed by atoms with Crippen molar-refractivity contribution in [2.75, 3.05) is 18.5 Å². The van der Waals surface area contributed by atoms with E-state index in [9.17, 15) is 4.79 Å². The summed E-state index contributed by atoms with van der Waals surface area (Å²) in [5.41, 5.74) is 3.51. The van der Waals surface area contributed by atoms with Gasteiger partial charge in [-0.15, -0.1) is 0 Å². The first-order chi connectivity index (χ1) is 13.2. The molecule has 1 fully saturated rings. The lowest BCUT2D eigenvalue weighted by molar-refractivity contribution is 0.0126. The fourth-order valence-corrected chi connectivity index (χ4v) is 2.71. The molecule has 0 unspecified atom stereocenters. The number of hydrogen-bond donors (Lipinski definition) is 1. The van der Waals surface area contributed by atoms with Crippen LogP contribution in [-0.2, 0) is 4.74 Å². The van der Waals surface area contributed by atoms with Crippen LogP contribution in [0.4, 0.5) is 10.5 Å². The highest BCUT2D eigenvalue weighted by atomic mass is 16.6. The lowest BCUT2D eigenvalue weighted by atomic mass is 10.1. The monoisotopic (exact) mass is 383 g/mol. The fraction of sp³-hybridized carbons (Fsp3) is 0.500. The lowest BCUT2D eigenvalue weighted by Gasteiger charge is -2.33. The SMILES string of the molecule is Cc1cc(NN=C(C#N)C#N)ccc1OC1CCN(C(=O)OC(C)(C)C)CC1. The van der Waals surface area contributed by atoms with E-state index in [0.717, 1.165) is 24.2 Å². The van der Waals surface area contributed by atoms with Gasteiger partial charge < -0.3 is 14.4 Å². The molecule has 1 aromatic carbocycles. The van der Waals surface area contributed by atoms with Crippen molar-refractivity contribution < 1.29 is 14.3 Å². The zero-order chi connectivity index (χ0) is 20.7. The van der Waals surface area contributed by atoms with Crippen molar-refractivity contribution in [3.8, 4) is 17.9 Å². The van der Waals surface area contributed by atoms with E-state index in [1.807, 2.05) is 39.8 Å². The van der Waals surface area contributed by atoms with Gasteiger partial charge >= 0.3 is 6.09 Å². The third kappa shape index (κ3) is 6.17. The van der Waals surface area contributed by atoms with Crippen molar-refractivity contribution in [2.24, 2.45) is 5.10 Å². The molecule has 148 valence electrons. The molecule has 0 bridgehead atoms. The van der Waals surface area contributed by atoms with Crippen molar-refractivity contribution in [2.45, 2.75) is 52.2 Å². The van der Waals surface area contributed by atoms with Crippen LogP contribution in [0.3, 0.4) is 0 Å². The van der Waals surface area contributed by atoms with Crippen LogP contribution in [0.5, 0.6) is 5.75 Å². The summed E-state index contributed by atoms with van der Waals surface area (Å²) in [6, 6.07) is 8.81. The number of hydrogen-bond acceptors (Lipinski definition) is 7. The topological polar surface area (TPSA) is 111 Å². The number of likely N-dealkylation sites (tertiary alicyclic amines) is 1. The summed E-state index contributed by atoms with van der Waals surface area (Å²) >= 11 is 0. The van der Waals surface area contributed by atoms with Crippen LogP contribution in [0, 0.1) is 29.6 Å². The number of amides is 1. The quantitative estimate of drug-likeness (QED) is 0.628. The number of hydrazone groups is 1. The Kier molecular flexibility index (Phi) is 6.84. The van der Waals surface area contributed by atoms with Gasteiger partial charge in [-0.2, -0.15) is 15.6 Å². The first-order valence-corrected chi connectivity index (χ1v) is 9.11. The molecule has 28 heavy (non-hydrogen) atoms. The van der Waals surface area contributed by atoms with Crippen LogP contribution in [0.1, 0.15) is 39.2 Å². The average Bonchev–Trinajstić information content (AvgIpc) is 2.64. The Morgan fingerprint density at radius 1 is 1.25 bits per heavy atom.